The predicted octanol–water partition coefficient (Wildman–Crippen LogP) is 3.81. The molecule has 0 aliphatic rings. The summed E-state index contributed by atoms with van der Waals surface area (Å²) >= 11 is 0. The van der Waals surface area contributed by atoms with Gasteiger partial charge in [-0.05, 0) is 36.4 Å². The van der Waals surface area contributed by atoms with Gasteiger partial charge in [0.1, 0.15) is 5.75 Å². The maximum atomic E-state index is 12.1. The quantitative estimate of drug-likeness (QED) is 0.657. The van der Waals surface area contributed by atoms with Gasteiger partial charge in [0.15, 0.2) is 17.2 Å². The molecule has 0 atom stereocenters. The highest BCUT2D eigenvalue weighted by Gasteiger charge is 2.12. The number of nitrogens with one attached hydrogen (secondary N) is 2. The van der Waals surface area contributed by atoms with Gasteiger partial charge in [0.25, 0.3) is 5.56 Å². The second-order valence-corrected chi connectivity index (χ2v) is 5.27. The summed E-state index contributed by atoms with van der Waals surface area (Å²) in [4.78, 5) is 12.1. The van der Waals surface area contributed by atoms with E-state index in [1.165, 1.54) is 7.11 Å². The van der Waals surface area contributed by atoms with Crippen molar-refractivity contribution >= 4 is 11.4 Å². The smallest absolute Gasteiger partial charge is 0.292 e. The Morgan fingerprint density at radius 3 is 2.19 bits per heavy atom. The van der Waals surface area contributed by atoms with Gasteiger partial charge < -0.3 is 14.2 Å². The molecule has 2 aromatic carbocycles. The Kier molecular flexibility index (Phi) is 5.02. The van der Waals surface area contributed by atoms with E-state index in [4.69, 9.17) is 14.2 Å². The Morgan fingerprint density at radius 2 is 1.54 bits per heavy atom. The predicted molar refractivity (Wildman–Crippen MR) is 97.1 cm³/mol. The normalized spacial score (nSPS) is 10.9. The molecule has 0 aliphatic carbocycles. The summed E-state index contributed by atoms with van der Waals surface area (Å²) < 4.78 is 15.6. The van der Waals surface area contributed by atoms with Crippen LogP contribution in [0.3, 0.4) is 0 Å². The number of azo groups is 1. The number of benzene rings is 2. The maximum Gasteiger partial charge on any atom is 0.292 e. The van der Waals surface area contributed by atoms with E-state index < -0.39 is 0 Å². The summed E-state index contributed by atoms with van der Waals surface area (Å²) in [7, 11) is 4.69. The van der Waals surface area contributed by atoms with E-state index in [0.29, 0.717) is 22.9 Å². The molecule has 1 aromatic heterocycles. The first-order chi connectivity index (χ1) is 12.7. The van der Waals surface area contributed by atoms with E-state index in [-0.39, 0.29) is 11.2 Å². The van der Waals surface area contributed by atoms with E-state index in [2.05, 4.69) is 20.4 Å². The molecule has 3 aromatic rings. The molecular weight excluding hydrogens is 336 g/mol. The van der Waals surface area contributed by atoms with Gasteiger partial charge in [-0.3, -0.25) is 15.0 Å². The average molecular weight is 354 g/mol. The summed E-state index contributed by atoms with van der Waals surface area (Å²) in [6, 6.07) is 12.4. The van der Waals surface area contributed by atoms with E-state index >= 15 is 0 Å². The van der Waals surface area contributed by atoms with Crippen LogP contribution in [0.1, 0.15) is 0 Å². The Bertz CT molecular complexity index is 974. The second-order valence-electron chi connectivity index (χ2n) is 5.27. The minimum Gasteiger partial charge on any atom is -0.497 e. The molecule has 8 nitrogen and oxygen atoms in total. The van der Waals surface area contributed by atoms with Crippen molar-refractivity contribution in [1.82, 2.24) is 10.2 Å². The van der Waals surface area contributed by atoms with Gasteiger partial charge in [0.05, 0.1) is 32.7 Å². The molecule has 0 saturated carbocycles. The topological polar surface area (TPSA) is 101 Å². The fraction of sp³-hybridized carbons (Fsp3) is 0.167. The molecule has 2 N–H and O–H groups in total. The summed E-state index contributed by atoms with van der Waals surface area (Å²) in [6.45, 7) is 0. The minimum absolute atomic E-state index is 0.185. The first-order valence-corrected chi connectivity index (χ1v) is 7.75. The van der Waals surface area contributed by atoms with Gasteiger partial charge in [0, 0.05) is 11.6 Å². The van der Waals surface area contributed by atoms with Crippen molar-refractivity contribution in [2.75, 3.05) is 21.3 Å². The first kappa shape index (κ1) is 17.3. The third-order valence-corrected chi connectivity index (χ3v) is 3.76. The molecule has 0 spiro atoms. The molecular formula is C18H18N4O4. The van der Waals surface area contributed by atoms with Crippen LogP contribution in [0.5, 0.6) is 17.2 Å². The van der Waals surface area contributed by atoms with Crippen LogP contribution >= 0.6 is 0 Å². The standard InChI is InChI=1S/C18H18N4O4/c1-24-13-7-4-11(5-8-13)16-17(18(23)22-20-16)21-19-12-6-9-14(25-2)15(10-12)26-3/h4-10H,1-3H3,(H2,20,22,23). The number of H-pyrrole nitrogens is 2. The van der Waals surface area contributed by atoms with Crippen molar-refractivity contribution in [3.8, 4) is 28.5 Å². The van der Waals surface area contributed by atoms with Gasteiger partial charge in [-0.25, -0.2) is 0 Å². The van der Waals surface area contributed by atoms with Crippen LogP contribution in [-0.2, 0) is 0 Å². The third-order valence-electron chi connectivity index (χ3n) is 3.76. The highest BCUT2D eigenvalue weighted by atomic mass is 16.5. The molecule has 1 heterocycles. The van der Waals surface area contributed by atoms with Crippen LogP contribution in [-0.4, -0.2) is 31.5 Å². The van der Waals surface area contributed by atoms with Gasteiger partial charge in [0.2, 0.25) is 0 Å². The van der Waals surface area contributed by atoms with Crippen LogP contribution in [0.15, 0.2) is 57.5 Å². The zero-order valence-electron chi connectivity index (χ0n) is 14.6. The minimum atomic E-state index is -0.361. The Balaban J connectivity index is 1.94. The molecule has 0 saturated heterocycles. The lowest BCUT2D eigenvalue weighted by Crippen LogP contribution is -1.96. The highest BCUT2D eigenvalue weighted by molar-refractivity contribution is 5.71. The fourth-order valence-corrected chi connectivity index (χ4v) is 2.41. The summed E-state index contributed by atoms with van der Waals surface area (Å²) in [6.07, 6.45) is 0. The van der Waals surface area contributed by atoms with Gasteiger partial charge in [-0.15, -0.1) is 5.11 Å². The monoisotopic (exact) mass is 354 g/mol. The van der Waals surface area contributed by atoms with Gasteiger partial charge in [-0.1, -0.05) is 0 Å². The molecule has 26 heavy (non-hydrogen) atoms. The number of rotatable bonds is 6. The lowest BCUT2D eigenvalue weighted by Gasteiger charge is -2.06. The fourth-order valence-electron chi connectivity index (χ4n) is 2.41. The molecule has 0 unspecified atom stereocenters. The lowest BCUT2D eigenvalue weighted by atomic mass is 10.1. The number of ether oxygens (including phenoxy) is 3. The summed E-state index contributed by atoms with van der Waals surface area (Å²) in [5, 5.41) is 13.6. The van der Waals surface area contributed by atoms with Gasteiger partial charge >= 0.3 is 0 Å². The van der Waals surface area contributed by atoms with Crippen molar-refractivity contribution < 1.29 is 14.2 Å². The zero-order chi connectivity index (χ0) is 18.5. The van der Waals surface area contributed by atoms with Crippen molar-refractivity contribution in [2.45, 2.75) is 0 Å². The highest BCUT2D eigenvalue weighted by Crippen LogP contribution is 2.32. The summed E-state index contributed by atoms with van der Waals surface area (Å²) in [5.74, 6) is 1.84. The van der Waals surface area contributed by atoms with Crippen molar-refractivity contribution in [1.29, 1.82) is 0 Å². The maximum absolute atomic E-state index is 12.1. The number of hydrogen-bond acceptors (Lipinski definition) is 6. The Morgan fingerprint density at radius 1 is 0.808 bits per heavy atom. The molecule has 0 amide bonds. The lowest BCUT2D eigenvalue weighted by molar-refractivity contribution is 0.355. The molecule has 134 valence electrons. The van der Waals surface area contributed by atoms with Crippen LogP contribution < -0.4 is 19.8 Å². The van der Waals surface area contributed by atoms with Crippen molar-refractivity contribution in [2.24, 2.45) is 10.2 Å². The number of aromatic amines is 2. The van der Waals surface area contributed by atoms with E-state index in [9.17, 15) is 4.79 Å². The summed E-state index contributed by atoms with van der Waals surface area (Å²) in [5.41, 5.74) is 1.68. The number of aromatic nitrogens is 2. The van der Waals surface area contributed by atoms with E-state index in [1.807, 2.05) is 12.1 Å². The van der Waals surface area contributed by atoms with E-state index in [0.717, 1.165) is 11.3 Å². The molecule has 0 bridgehead atoms. The van der Waals surface area contributed by atoms with Crippen LogP contribution in [0, 0.1) is 0 Å². The Hall–Kier alpha value is -3.55. The van der Waals surface area contributed by atoms with Gasteiger partial charge in [-0.2, -0.15) is 5.11 Å². The van der Waals surface area contributed by atoms with Crippen LogP contribution in [0.4, 0.5) is 11.4 Å². The molecule has 3 rings (SSSR count). The van der Waals surface area contributed by atoms with E-state index in [1.54, 1.807) is 44.6 Å². The largest absolute Gasteiger partial charge is 0.497 e. The van der Waals surface area contributed by atoms with Crippen LogP contribution in [0.25, 0.3) is 11.3 Å². The SMILES string of the molecule is COc1ccc(-c2[nH][nH]c(=O)c2N=Nc2ccc(OC)c(OC)c2)cc1. The molecule has 8 heteroatoms. The average Bonchev–Trinajstić information content (AvgIpc) is 3.06. The molecule has 0 aliphatic heterocycles. The Labute approximate surface area is 149 Å². The van der Waals surface area contributed by atoms with Crippen molar-refractivity contribution in [3.05, 3.63) is 52.8 Å². The number of hydrogen-bond donors (Lipinski definition) is 2. The van der Waals surface area contributed by atoms with Crippen LogP contribution in [0.2, 0.25) is 0 Å². The zero-order valence-corrected chi connectivity index (χ0v) is 14.6. The second kappa shape index (κ2) is 7.56. The van der Waals surface area contributed by atoms with Crippen molar-refractivity contribution in [3.63, 3.8) is 0 Å². The number of methoxy groups -OCH3 is 3. The molecule has 0 fully saturated rings. The molecule has 0 radical (unpaired) electrons. The third kappa shape index (κ3) is 3.44. The number of nitrogens with zero attached hydrogens (tertiary/aromatic N) is 2. The first-order valence-electron chi connectivity index (χ1n) is 7.75.